The Kier molecular flexibility index (Phi) is 4.05. The average molecular weight is 311 g/mol. The Labute approximate surface area is 125 Å². The third-order valence-electron chi connectivity index (χ3n) is 3.45. The third kappa shape index (κ3) is 2.87. The Balaban J connectivity index is 1.63. The predicted molar refractivity (Wildman–Crippen MR) is 81.7 cm³/mol. The van der Waals surface area contributed by atoms with Crippen LogP contribution in [0.1, 0.15) is 4.88 Å². The molecule has 3 heterocycles. The van der Waals surface area contributed by atoms with Crippen LogP contribution in [0, 0.1) is 0 Å². The lowest BCUT2D eigenvalue weighted by molar-refractivity contribution is 0.252. The van der Waals surface area contributed by atoms with Gasteiger partial charge < -0.3 is 4.90 Å². The SMILES string of the molecule is O=c1[nH]ncc(N2CCN(Cc3cccs3)CC2)c1Cl. The quantitative estimate of drug-likeness (QED) is 0.939. The lowest BCUT2D eigenvalue weighted by Crippen LogP contribution is -2.46. The molecule has 0 aliphatic carbocycles. The average Bonchev–Trinajstić information content (AvgIpc) is 2.96. The lowest BCUT2D eigenvalue weighted by Gasteiger charge is -2.35. The Morgan fingerprint density at radius 2 is 2.15 bits per heavy atom. The zero-order chi connectivity index (χ0) is 13.9. The highest BCUT2D eigenvalue weighted by atomic mass is 35.5. The fourth-order valence-corrected chi connectivity index (χ4v) is 3.32. The Bertz CT molecular complexity index is 620. The first-order valence-electron chi connectivity index (χ1n) is 6.47. The van der Waals surface area contributed by atoms with E-state index in [2.05, 4.69) is 37.5 Å². The maximum atomic E-state index is 11.5. The van der Waals surface area contributed by atoms with E-state index in [1.165, 1.54) is 4.88 Å². The number of rotatable bonds is 3. The van der Waals surface area contributed by atoms with E-state index in [0.29, 0.717) is 0 Å². The number of halogens is 1. The summed E-state index contributed by atoms with van der Waals surface area (Å²) in [5.74, 6) is 0. The molecule has 1 aliphatic rings. The molecule has 0 amide bonds. The van der Waals surface area contributed by atoms with Crippen molar-refractivity contribution in [1.82, 2.24) is 15.1 Å². The second kappa shape index (κ2) is 5.95. The summed E-state index contributed by atoms with van der Waals surface area (Å²) in [5, 5.41) is 8.50. The van der Waals surface area contributed by atoms with Crippen LogP contribution >= 0.6 is 22.9 Å². The molecule has 1 saturated heterocycles. The van der Waals surface area contributed by atoms with Crippen LogP contribution in [0.15, 0.2) is 28.5 Å². The van der Waals surface area contributed by atoms with Gasteiger partial charge in [-0.15, -0.1) is 11.3 Å². The van der Waals surface area contributed by atoms with Crippen LogP contribution in [0.25, 0.3) is 0 Å². The number of nitrogens with one attached hydrogen (secondary N) is 1. The molecule has 7 heteroatoms. The topological polar surface area (TPSA) is 52.2 Å². The number of hydrogen-bond acceptors (Lipinski definition) is 5. The third-order valence-corrected chi connectivity index (χ3v) is 4.68. The number of nitrogens with zero attached hydrogens (tertiary/aromatic N) is 3. The molecule has 0 spiro atoms. The van der Waals surface area contributed by atoms with E-state index in [-0.39, 0.29) is 10.6 Å². The van der Waals surface area contributed by atoms with Gasteiger partial charge in [0, 0.05) is 37.6 Å². The summed E-state index contributed by atoms with van der Waals surface area (Å²) >= 11 is 7.83. The maximum Gasteiger partial charge on any atom is 0.285 e. The number of anilines is 1. The maximum absolute atomic E-state index is 11.5. The van der Waals surface area contributed by atoms with Crippen molar-refractivity contribution in [3.05, 3.63) is 44.0 Å². The van der Waals surface area contributed by atoms with Gasteiger partial charge in [0.2, 0.25) is 0 Å². The summed E-state index contributed by atoms with van der Waals surface area (Å²) in [4.78, 5) is 17.4. The molecule has 106 valence electrons. The highest BCUT2D eigenvalue weighted by Gasteiger charge is 2.20. The number of aromatic nitrogens is 2. The zero-order valence-corrected chi connectivity index (χ0v) is 12.5. The molecule has 2 aromatic rings. The van der Waals surface area contributed by atoms with Crippen molar-refractivity contribution in [2.75, 3.05) is 31.1 Å². The van der Waals surface area contributed by atoms with Gasteiger partial charge in [-0.05, 0) is 11.4 Å². The van der Waals surface area contributed by atoms with E-state index in [9.17, 15) is 4.79 Å². The number of thiophene rings is 1. The second-order valence-electron chi connectivity index (χ2n) is 4.74. The number of hydrogen-bond donors (Lipinski definition) is 1. The molecule has 1 fully saturated rings. The van der Waals surface area contributed by atoms with Crippen molar-refractivity contribution in [3.63, 3.8) is 0 Å². The Hall–Kier alpha value is -1.37. The fourth-order valence-electron chi connectivity index (χ4n) is 2.36. The molecule has 0 atom stereocenters. The van der Waals surface area contributed by atoms with Gasteiger partial charge in [-0.25, -0.2) is 5.10 Å². The van der Waals surface area contributed by atoms with E-state index >= 15 is 0 Å². The highest BCUT2D eigenvalue weighted by Crippen LogP contribution is 2.22. The molecule has 1 aliphatic heterocycles. The summed E-state index contributed by atoms with van der Waals surface area (Å²) in [6.07, 6.45) is 1.62. The highest BCUT2D eigenvalue weighted by molar-refractivity contribution is 7.09. The van der Waals surface area contributed by atoms with Gasteiger partial charge >= 0.3 is 0 Å². The first-order chi connectivity index (χ1) is 9.74. The summed E-state index contributed by atoms with van der Waals surface area (Å²) < 4.78 is 0. The fraction of sp³-hybridized carbons (Fsp3) is 0.385. The Morgan fingerprint density at radius 3 is 2.85 bits per heavy atom. The van der Waals surface area contributed by atoms with Gasteiger partial charge in [-0.2, -0.15) is 5.10 Å². The van der Waals surface area contributed by atoms with Gasteiger partial charge in [0.1, 0.15) is 5.02 Å². The summed E-state index contributed by atoms with van der Waals surface area (Å²) in [6.45, 7) is 4.63. The Morgan fingerprint density at radius 1 is 1.35 bits per heavy atom. The van der Waals surface area contributed by atoms with Gasteiger partial charge in [-0.3, -0.25) is 9.69 Å². The minimum atomic E-state index is -0.329. The molecule has 0 saturated carbocycles. The van der Waals surface area contributed by atoms with Gasteiger partial charge in [0.25, 0.3) is 5.56 Å². The molecular formula is C13H15ClN4OS. The molecule has 0 unspecified atom stereocenters. The van der Waals surface area contributed by atoms with Crippen molar-refractivity contribution < 1.29 is 0 Å². The van der Waals surface area contributed by atoms with Crippen LogP contribution in [0.3, 0.4) is 0 Å². The molecule has 0 aromatic carbocycles. The smallest absolute Gasteiger partial charge is 0.285 e. The van der Waals surface area contributed by atoms with Gasteiger partial charge in [-0.1, -0.05) is 17.7 Å². The molecule has 5 nitrogen and oxygen atoms in total. The standard InChI is InChI=1S/C13H15ClN4OS/c14-12-11(8-15-16-13(12)19)18-5-3-17(4-6-18)9-10-2-1-7-20-10/h1-2,7-8H,3-6,9H2,(H,16,19). The number of aromatic amines is 1. The largest absolute Gasteiger partial charge is 0.366 e. The number of H-pyrrole nitrogens is 1. The van der Waals surface area contributed by atoms with Crippen LogP contribution in [0.5, 0.6) is 0 Å². The van der Waals surface area contributed by atoms with E-state index in [4.69, 9.17) is 11.6 Å². The first-order valence-corrected chi connectivity index (χ1v) is 7.72. The van der Waals surface area contributed by atoms with Crippen LogP contribution in [0.4, 0.5) is 5.69 Å². The van der Waals surface area contributed by atoms with E-state index in [1.54, 1.807) is 17.5 Å². The van der Waals surface area contributed by atoms with E-state index < -0.39 is 0 Å². The van der Waals surface area contributed by atoms with E-state index in [1.807, 2.05) is 0 Å². The van der Waals surface area contributed by atoms with E-state index in [0.717, 1.165) is 38.4 Å². The van der Waals surface area contributed by atoms with Crippen LogP contribution < -0.4 is 10.5 Å². The minimum absolute atomic E-state index is 0.228. The monoisotopic (exact) mass is 310 g/mol. The second-order valence-corrected chi connectivity index (χ2v) is 6.15. The van der Waals surface area contributed by atoms with Crippen molar-refractivity contribution in [2.45, 2.75) is 6.54 Å². The molecule has 0 bridgehead atoms. The van der Waals surface area contributed by atoms with Crippen molar-refractivity contribution >= 4 is 28.6 Å². The van der Waals surface area contributed by atoms with Crippen LogP contribution in [-0.2, 0) is 6.54 Å². The normalized spacial score (nSPS) is 16.6. The van der Waals surface area contributed by atoms with Crippen LogP contribution in [0.2, 0.25) is 5.02 Å². The first kappa shape index (κ1) is 13.6. The molecule has 1 N–H and O–H groups in total. The molecule has 0 radical (unpaired) electrons. The minimum Gasteiger partial charge on any atom is -0.366 e. The van der Waals surface area contributed by atoms with Gasteiger partial charge in [0.15, 0.2) is 0 Å². The van der Waals surface area contributed by atoms with Crippen molar-refractivity contribution in [2.24, 2.45) is 0 Å². The van der Waals surface area contributed by atoms with Crippen molar-refractivity contribution in [1.29, 1.82) is 0 Å². The molecule has 2 aromatic heterocycles. The summed E-state index contributed by atoms with van der Waals surface area (Å²) in [6, 6.07) is 4.24. The molecular weight excluding hydrogens is 296 g/mol. The summed E-state index contributed by atoms with van der Waals surface area (Å²) in [5.41, 5.74) is 0.399. The predicted octanol–water partition coefficient (Wildman–Crippen LogP) is 1.81. The molecule has 20 heavy (non-hydrogen) atoms. The lowest BCUT2D eigenvalue weighted by atomic mass is 10.2. The van der Waals surface area contributed by atoms with Gasteiger partial charge in [0.05, 0.1) is 11.9 Å². The number of piperazine rings is 1. The van der Waals surface area contributed by atoms with Crippen LogP contribution in [-0.4, -0.2) is 41.3 Å². The molecule has 3 rings (SSSR count). The van der Waals surface area contributed by atoms with Crippen molar-refractivity contribution in [3.8, 4) is 0 Å². The zero-order valence-electron chi connectivity index (χ0n) is 10.9. The summed E-state index contributed by atoms with van der Waals surface area (Å²) in [7, 11) is 0.